The highest BCUT2D eigenvalue weighted by molar-refractivity contribution is 9.10. The van der Waals surface area contributed by atoms with Gasteiger partial charge in [-0.25, -0.2) is 4.98 Å². The van der Waals surface area contributed by atoms with Crippen LogP contribution in [0.1, 0.15) is 0 Å². The van der Waals surface area contributed by atoms with Gasteiger partial charge in [-0.05, 0) is 28.1 Å². The zero-order chi connectivity index (χ0) is 11.1. The number of nitrogens with zero attached hydrogens (tertiary/aromatic N) is 4. The highest BCUT2D eigenvalue weighted by Gasteiger charge is 2.09. The van der Waals surface area contributed by atoms with E-state index in [1.165, 1.54) is 0 Å². The maximum absolute atomic E-state index is 4.36. The molecular weight excluding hydrogens is 268 g/mol. The molecule has 3 aromatic rings. The first-order valence-electron chi connectivity index (χ1n) is 4.86. The second-order valence-corrected chi connectivity index (χ2v) is 4.49. The standard InChI is InChI=1S/C11H9BrN4/c1-15-10(2-3-14-15)9-6-8(12)7-16-5-4-13-11(9)16/h2-7H,1H3. The molecule has 0 unspecified atom stereocenters. The summed E-state index contributed by atoms with van der Waals surface area (Å²) in [4.78, 5) is 4.36. The van der Waals surface area contributed by atoms with Crippen LogP contribution in [0.15, 0.2) is 41.4 Å². The van der Waals surface area contributed by atoms with Crippen LogP contribution >= 0.6 is 15.9 Å². The number of hydrogen-bond acceptors (Lipinski definition) is 2. The van der Waals surface area contributed by atoms with Gasteiger partial charge in [0.15, 0.2) is 0 Å². The fraction of sp³-hybridized carbons (Fsp3) is 0.0909. The summed E-state index contributed by atoms with van der Waals surface area (Å²) in [5.41, 5.74) is 3.06. The van der Waals surface area contributed by atoms with Crippen molar-refractivity contribution in [2.75, 3.05) is 0 Å². The fourth-order valence-electron chi connectivity index (χ4n) is 1.82. The van der Waals surface area contributed by atoms with E-state index in [0.717, 1.165) is 21.4 Å². The largest absolute Gasteiger partial charge is 0.305 e. The summed E-state index contributed by atoms with van der Waals surface area (Å²) in [6, 6.07) is 4.04. The van der Waals surface area contributed by atoms with Crippen molar-refractivity contribution in [2.45, 2.75) is 0 Å². The molecule has 0 spiro atoms. The average Bonchev–Trinajstić information content (AvgIpc) is 2.84. The molecule has 3 heterocycles. The van der Waals surface area contributed by atoms with E-state index in [1.807, 2.05) is 34.6 Å². The molecule has 0 aliphatic rings. The molecule has 0 bridgehead atoms. The zero-order valence-corrected chi connectivity index (χ0v) is 10.2. The van der Waals surface area contributed by atoms with Crippen LogP contribution in [0.2, 0.25) is 0 Å². The van der Waals surface area contributed by atoms with Gasteiger partial charge in [0.25, 0.3) is 0 Å². The molecule has 0 aliphatic heterocycles. The number of halogens is 1. The SMILES string of the molecule is Cn1nccc1-c1cc(Br)cn2ccnc12. The van der Waals surface area contributed by atoms with Crippen LogP contribution in [0, 0.1) is 0 Å². The van der Waals surface area contributed by atoms with Crippen molar-refractivity contribution in [1.29, 1.82) is 0 Å². The molecule has 0 fully saturated rings. The maximum atomic E-state index is 4.36. The third-order valence-corrected chi connectivity index (χ3v) is 2.98. The van der Waals surface area contributed by atoms with E-state index < -0.39 is 0 Å². The van der Waals surface area contributed by atoms with Gasteiger partial charge in [0.1, 0.15) is 5.65 Å². The smallest absolute Gasteiger partial charge is 0.146 e. The molecule has 80 valence electrons. The summed E-state index contributed by atoms with van der Waals surface area (Å²) in [5.74, 6) is 0. The lowest BCUT2D eigenvalue weighted by Gasteiger charge is -2.05. The summed E-state index contributed by atoms with van der Waals surface area (Å²) in [5, 5.41) is 4.18. The quantitative estimate of drug-likeness (QED) is 0.685. The Labute approximate surface area is 101 Å². The van der Waals surface area contributed by atoms with Gasteiger partial charge in [-0.2, -0.15) is 5.10 Å². The number of imidazole rings is 1. The summed E-state index contributed by atoms with van der Waals surface area (Å²) < 4.78 is 4.86. The lowest BCUT2D eigenvalue weighted by molar-refractivity contribution is 0.776. The fourth-order valence-corrected chi connectivity index (χ4v) is 2.27. The minimum Gasteiger partial charge on any atom is -0.305 e. The first-order chi connectivity index (χ1) is 7.75. The Morgan fingerprint density at radius 1 is 1.31 bits per heavy atom. The number of aromatic nitrogens is 4. The van der Waals surface area contributed by atoms with Gasteiger partial charge in [0.05, 0.1) is 5.69 Å². The van der Waals surface area contributed by atoms with Crippen LogP contribution < -0.4 is 0 Å². The second-order valence-electron chi connectivity index (χ2n) is 3.57. The van der Waals surface area contributed by atoms with Crippen molar-refractivity contribution in [3.05, 3.63) is 41.4 Å². The predicted octanol–water partition coefficient (Wildman–Crippen LogP) is 2.50. The molecule has 5 heteroatoms. The molecule has 4 nitrogen and oxygen atoms in total. The molecule has 3 rings (SSSR count). The highest BCUT2D eigenvalue weighted by atomic mass is 79.9. The minimum atomic E-state index is 0.937. The molecular formula is C11H9BrN4. The van der Waals surface area contributed by atoms with E-state index >= 15 is 0 Å². The summed E-state index contributed by atoms with van der Waals surface area (Å²) >= 11 is 3.50. The molecule has 0 N–H and O–H groups in total. The molecule has 16 heavy (non-hydrogen) atoms. The molecule has 0 saturated heterocycles. The first-order valence-corrected chi connectivity index (χ1v) is 5.65. The van der Waals surface area contributed by atoms with Crippen LogP contribution in [-0.4, -0.2) is 19.2 Å². The first kappa shape index (κ1) is 9.59. The second kappa shape index (κ2) is 3.45. The van der Waals surface area contributed by atoms with Crippen molar-refractivity contribution in [2.24, 2.45) is 7.05 Å². The van der Waals surface area contributed by atoms with Gasteiger partial charge in [0, 0.05) is 41.9 Å². The Bertz CT molecular complexity index is 653. The molecule has 0 aromatic carbocycles. The van der Waals surface area contributed by atoms with Crippen LogP contribution in [0.25, 0.3) is 16.9 Å². The third kappa shape index (κ3) is 1.36. The molecule has 0 aliphatic carbocycles. The van der Waals surface area contributed by atoms with Gasteiger partial charge in [0.2, 0.25) is 0 Å². The highest BCUT2D eigenvalue weighted by Crippen LogP contribution is 2.26. The van der Waals surface area contributed by atoms with Crippen molar-refractivity contribution >= 4 is 21.6 Å². The number of rotatable bonds is 1. The number of hydrogen-bond donors (Lipinski definition) is 0. The van der Waals surface area contributed by atoms with Gasteiger partial charge < -0.3 is 4.40 Å². The maximum Gasteiger partial charge on any atom is 0.146 e. The lowest BCUT2D eigenvalue weighted by atomic mass is 10.2. The Hall–Kier alpha value is -1.62. The van der Waals surface area contributed by atoms with Crippen LogP contribution in [0.5, 0.6) is 0 Å². The Morgan fingerprint density at radius 3 is 2.94 bits per heavy atom. The van der Waals surface area contributed by atoms with E-state index in [1.54, 1.807) is 12.4 Å². The van der Waals surface area contributed by atoms with E-state index in [9.17, 15) is 0 Å². The Morgan fingerprint density at radius 2 is 2.19 bits per heavy atom. The molecule has 0 atom stereocenters. The Kier molecular flexibility index (Phi) is 2.07. The van der Waals surface area contributed by atoms with Gasteiger partial charge in [-0.3, -0.25) is 4.68 Å². The number of fused-ring (bicyclic) bond motifs is 1. The minimum absolute atomic E-state index is 0.937. The van der Waals surface area contributed by atoms with Crippen molar-refractivity contribution < 1.29 is 0 Å². The molecule has 0 amide bonds. The predicted molar refractivity (Wildman–Crippen MR) is 65.1 cm³/mol. The number of aryl methyl sites for hydroxylation is 1. The third-order valence-electron chi connectivity index (χ3n) is 2.55. The van der Waals surface area contributed by atoms with Crippen molar-refractivity contribution in [3.63, 3.8) is 0 Å². The van der Waals surface area contributed by atoms with Crippen molar-refractivity contribution in [3.8, 4) is 11.3 Å². The van der Waals surface area contributed by atoms with E-state index in [-0.39, 0.29) is 0 Å². The monoisotopic (exact) mass is 276 g/mol. The van der Waals surface area contributed by atoms with Crippen molar-refractivity contribution in [1.82, 2.24) is 19.2 Å². The normalized spacial score (nSPS) is 11.1. The van der Waals surface area contributed by atoms with Crippen LogP contribution in [-0.2, 0) is 7.05 Å². The Balaban J connectivity index is 2.38. The van der Waals surface area contributed by atoms with E-state index in [0.29, 0.717) is 0 Å². The number of pyridine rings is 1. The zero-order valence-electron chi connectivity index (χ0n) is 8.63. The lowest BCUT2D eigenvalue weighted by Crippen LogP contribution is -1.96. The van der Waals surface area contributed by atoms with E-state index in [2.05, 4.69) is 32.1 Å². The summed E-state index contributed by atoms with van der Waals surface area (Å²) in [6.45, 7) is 0. The van der Waals surface area contributed by atoms with Gasteiger partial charge in [-0.15, -0.1) is 0 Å². The summed E-state index contributed by atoms with van der Waals surface area (Å²) in [7, 11) is 1.93. The molecule has 3 aromatic heterocycles. The van der Waals surface area contributed by atoms with E-state index in [4.69, 9.17) is 0 Å². The van der Waals surface area contributed by atoms with Crippen LogP contribution in [0.4, 0.5) is 0 Å². The topological polar surface area (TPSA) is 35.1 Å². The van der Waals surface area contributed by atoms with Crippen LogP contribution in [0.3, 0.4) is 0 Å². The van der Waals surface area contributed by atoms with Gasteiger partial charge >= 0.3 is 0 Å². The molecule has 0 saturated carbocycles. The summed E-state index contributed by atoms with van der Waals surface area (Å²) in [6.07, 6.45) is 7.50. The average molecular weight is 277 g/mol. The molecule has 0 radical (unpaired) electrons. The van der Waals surface area contributed by atoms with Gasteiger partial charge in [-0.1, -0.05) is 0 Å².